The molecule has 1 atom stereocenters. The van der Waals surface area contributed by atoms with Crippen LogP contribution in [0.5, 0.6) is 0 Å². The van der Waals surface area contributed by atoms with E-state index in [2.05, 4.69) is 53.4 Å². The molecule has 0 aliphatic heterocycles. The summed E-state index contributed by atoms with van der Waals surface area (Å²) < 4.78 is 5.25. The Hall–Kier alpha value is -1.68. The average Bonchev–Trinajstić information content (AvgIpc) is 2.57. The van der Waals surface area contributed by atoms with Gasteiger partial charge in [-0.1, -0.05) is 45.0 Å². The molecule has 0 aliphatic rings. The third-order valence-corrected chi connectivity index (χ3v) is 4.88. The van der Waals surface area contributed by atoms with Crippen LogP contribution in [0.2, 0.25) is 0 Å². The molecule has 152 valence electrons. The molecule has 1 unspecified atom stereocenters. The fourth-order valence-electron chi connectivity index (χ4n) is 3.25. The summed E-state index contributed by atoms with van der Waals surface area (Å²) in [5.74, 6) is -0.756. The van der Waals surface area contributed by atoms with Crippen LogP contribution in [0.3, 0.4) is 0 Å². The third-order valence-electron chi connectivity index (χ3n) is 4.88. The minimum absolute atomic E-state index is 0.0130. The molecule has 0 bridgehead atoms. The number of carbonyl (C=O) groups is 2. The second-order valence-electron chi connectivity index (χ2n) is 8.79. The van der Waals surface area contributed by atoms with Crippen LogP contribution in [0.25, 0.3) is 0 Å². The molecular weight excluding hydrogens is 338 g/mol. The Bertz CT molecular complexity index is 604. The number of benzene rings is 1. The van der Waals surface area contributed by atoms with E-state index in [-0.39, 0.29) is 23.6 Å². The van der Waals surface area contributed by atoms with Crippen molar-refractivity contribution in [1.82, 2.24) is 4.90 Å². The number of esters is 1. The van der Waals surface area contributed by atoms with Crippen molar-refractivity contribution in [3.63, 3.8) is 0 Å². The largest absolute Gasteiger partial charge is 0.466 e. The van der Waals surface area contributed by atoms with Crippen molar-refractivity contribution in [3.8, 4) is 0 Å². The molecule has 0 saturated heterocycles. The van der Waals surface area contributed by atoms with Crippen LogP contribution in [-0.2, 0) is 14.9 Å². The maximum absolute atomic E-state index is 12.8. The number of hydrogen-bond acceptors (Lipinski definition) is 4. The topological polar surface area (TPSA) is 46.6 Å². The van der Waals surface area contributed by atoms with E-state index in [1.54, 1.807) is 6.92 Å². The highest BCUT2D eigenvalue weighted by molar-refractivity contribution is 5.98. The SMILES string of the molecule is CCOC(=O)C(CC(=O)c1ccc(C(C)(C)C)cc1)CN(C(C)C)C(C)C. The first-order valence-electron chi connectivity index (χ1n) is 10.0. The van der Waals surface area contributed by atoms with Gasteiger partial charge in [0.2, 0.25) is 0 Å². The van der Waals surface area contributed by atoms with Crippen molar-refractivity contribution < 1.29 is 14.3 Å². The van der Waals surface area contributed by atoms with Gasteiger partial charge in [0.15, 0.2) is 5.78 Å². The molecule has 1 rings (SSSR count). The molecule has 4 heteroatoms. The minimum atomic E-state index is -0.454. The first-order chi connectivity index (χ1) is 12.5. The van der Waals surface area contributed by atoms with Gasteiger partial charge in [0, 0.05) is 30.6 Å². The van der Waals surface area contributed by atoms with E-state index in [0.29, 0.717) is 30.8 Å². The summed E-state index contributed by atoms with van der Waals surface area (Å²) in [6, 6.07) is 8.33. The maximum atomic E-state index is 12.8. The lowest BCUT2D eigenvalue weighted by Gasteiger charge is -2.33. The van der Waals surface area contributed by atoms with E-state index < -0.39 is 5.92 Å². The lowest BCUT2D eigenvalue weighted by Crippen LogP contribution is -2.43. The predicted molar refractivity (Wildman–Crippen MR) is 111 cm³/mol. The summed E-state index contributed by atoms with van der Waals surface area (Å²) in [6.07, 6.45) is 0.170. The predicted octanol–water partition coefficient (Wildman–Crippen LogP) is 4.86. The molecule has 1 aromatic carbocycles. The molecule has 27 heavy (non-hydrogen) atoms. The van der Waals surface area contributed by atoms with Crippen LogP contribution in [0.1, 0.15) is 77.7 Å². The van der Waals surface area contributed by atoms with Gasteiger partial charge in [-0.3, -0.25) is 14.5 Å². The molecule has 0 heterocycles. The quantitative estimate of drug-likeness (QED) is 0.457. The van der Waals surface area contributed by atoms with Crippen LogP contribution in [0, 0.1) is 5.92 Å². The van der Waals surface area contributed by atoms with Gasteiger partial charge in [0.25, 0.3) is 0 Å². The van der Waals surface area contributed by atoms with Gasteiger partial charge in [-0.2, -0.15) is 0 Å². The van der Waals surface area contributed by atoms with Gasteiger partial charge in [-0.25, -0.2) is 0 Å². The summed E-state index contributed by atoms with van der Waals surface area (Å²) in [6.45, 7) is 17.5. The molecule has 0 spiro atoms. The van der Waals surface area contributed by atoms with Crippen molar-refractivity contribution in [3.05, 3.63) is 35.4 Å². The number of ketones is 1. The van der Waals surface area contributed by atoms with E-state index in [1.165, 1.54) is 5.56 Å². The van der Waals surface area contributed by atoms with Gasteiger partial charge < -0.3 is 4.74 Å². The van der Waals surface area contributed by atoms with Gasteiger partial charge >= 0.3 is 5.97 Å². The van der Waals surface area contributed by atoms with Crippen molar-refractivity contribution in [2.45, 2.75) is 79.3 Å². The lowest BCUT2D eigenvalue weighted by atomic mass is 9.86. The number of rotatable bonds is 9. The fraction of sp³-hybridized carbons (Fsp3) is 0.652. The van der Waals surface area contributed by atoms with Gasteiger partial charge in [0.1, 0.15) is 0 Å². The van der Waals surface area contributed by atoms with Crippen LogP contribution >= 0.6 is 0 Å². The zero-order valence-electron chi connectivity index (χ0n) is 18.3. The second-order valence-corrected chi connectivity index (χ2v) is 8.79. The molecule has 0 fully saturated rings. The number of ether oxygens (including phenoxy) is 1. The Morgan fingerprint density at radius 1 is 1.00 bits per heavy atom. The van der Waals surface area contributed by atoms with Crippen molar-refractivity contribution >= 4 is 11.8 Å². The lowest BCUT2D eigenvalue weighted by molar-refractivity contribution is -0.149. The number of nitrogens with zero attached hydrogens (tertiary/aromatic N) is 1. The van der Waals surface area contributed by atoms with Crippen LogP contribution in [0.15, 0.2) is 24.3 Å². The maximum Gasteiger partial charge on any atom is 0.310 e. The second kappa shape index (κ2) is 10.0. The summed E-state index contributed by atoms with van der Waals surface area (Å²) in [4.78, 5) is 27.5. The van der Waals surface area contributed by atoms with E-state index >= 15 is 0 Å². The number of Topliss-reactive ketones (excluding diaryl/α,β-unsaturated/α-hetero) is 1. The van der Waals surface area contributed by atoms with E-state index in [1.807, 2.05) is 24.3 Å². The average molecular weight is 376 g/mol. The first kappa shape index (κ1) is 23.4. The summed E-state index contributed by atoms with van der Waals surface area (Å²) >= 11 is 0. The standard InChI is InChI=1S/C23H37NO3/c1-9-27-22(26)19(15-24(16(2)3)17(4)5)14-21(25)18-10-12-20(13-11-18)23(6,7)8/h10-13,16-17,19H,9,14-15H2,1-8H3. The fourth-order valence-corrected chi connectivity index (χ4v) is 3.25. The molecule has 1 aromatic rings. The first-order valence-corrected chi connectivity index (χ1v) is 10.0. The van der Waals surface area contributed by atoms with Crippen LogP contribution < -0.4 is 0 Å². The highest BCUT2D eigenvalue weighted by Gasteiger charge is 2.28. The Labute approximate surface area is 165 Å². The van der Waals surface area contributed by atoms with Gasteiger partial charge in [0.05, 0.1) is 12.5 Å². The van der Waals surface area contributed by atoms with Crippen molar-refractivity contribution in [2.75, 3.05) is 13.2 Å². The van der Waals surface area contributed by atoms with Gasteiger partial charge in [-0.05, 0) is 45.6 Å². The molecule has 0 amide bonds. The minimum Gasteiger partial charge on any atom is -0.466 e. The number of carbonyl (C=O) groups excluding carboxylic acids is 2. The number of hydrogen-bond donors (Lipinski definition) is 0. The third kappa shape index (κ3) is 7.10. The summed E-state index contributed by atoms with van der Waals surface area (Å²) in [7, 11) is 0. The monoisotopic (exact) mass is 375 g/mol. The van der Waals surface area contributed by atoms with E-state index in [4.69, 9.17) is 4.74 Å². The van der Waals surface area contributed by atoms with E-state index in [9.17, 15) is 9.59 Å². The molecule has 0 N–H and O–H groups in total. The normalized spacial score (nSPS) is 13.3. The van der Waals surface area contributed by atoms with E-state index in [0.717, 1.165) is 0 Å². The molecule has 0 aliphatic carbocycles. The van der Waals surface area contributed by atoms with Crippen molar-refractivity contribution in [1.29, 1.82) is 0 Å². The summed E-state index contributed by atoms with van der Waals surface area (Å²) in [5.41, 5.74) is 1.88. The van der Waals surface area contributed by atoms with Gasteiger partial charge in [-0.15, -0.1) is 0 Å². The Kier molecular flexibility index (Phi) is 8.67. The Morgan fingerprint density at radius 3 is 1.93 bits per heavy atom. The molecule has 0 saturated carbocycles. The molecule has 0 radical (unpaired) electrons. The highest BCUT2D eigenvalue weighted by Crippen LogP contribution is 2.23. The van der Waals surface area contributed by atoms with Crippen molar-refractivity contribution in [2.24, 2.45) is 5.92 Å². The molecule has 4 nitrogen and oxygen atoms in total. The Morgan fingerprint density at radius 2 is 1.52 bits per heavy atom. The highest BCUT2D eigenvalue weighted by atomic mass is 16.5. The zero-order valence-corrected chi connectivity index (χ0v) is 18.3. The Balaban J connectivity index is 2.97. The molecular formula is C23H37NO3. The summed E-state index contributed by atoms with van der Waals surface area (Å²) in [5, 5.41) is 0. The van der Waals surface area contributed by atoms with Crippen LogP contribution in [-0.4, -0.2) is 41.9 Å². The smallest absolute Gasteiger partial charge is 0.310 e. The van der Waals surface area contributed by atoms with Crippen LogP contribution in [0.4, 0.5) is 0 Å². The molecule has 0 aromatic heterocycles. The zero-order chi connectivity index (χ0) is 20.8.